The molecule has 8 heteroatoms. The summed E-state index contributed by atoms with van der Waals surface area (Å²) in [5.41, 5.74) is 6.61. The molecule has 2 heterocycles. The van der Waals surface area contributed by atoms with Crippen LogP contribution in [0.5, 0.6) is 11.5 Å². The van der Waals surface area contributed by atoms with Crippen molar-refractivity contribution in [3.05, 3.63) is 54.1 Å². The predicted molar refractivity (Wildman–Crippen MR) is 104 cm³/mol. The summed E-state index contributed by atoms with van der Waals surface area (Å²) in [7, 11) is 0. The highest BCUT2D eigenvalue weighted by Crippen LogP contribution is 2.31. The number of carbonyl (C=O) groups is 3. The van der Waals surface area contributed by atoms with E-state index in [1.165, 1.54) is 0 Å². The van der Waals surface area contributed by atoms with Crippen LogP contribution in [0.4, 0.5) is 5.69 Å². The minimum Gasteiger partial charge on any atom is -0.485 e. The summed E-state index contributed by atoms with van der Waals surface area (Å²) in [5, 5.41) is 0. The molecule has 2 aliphatic heterocycles. The van der Waals surface area contributed by atoms with E-state index in [4.69, 9.17) is 9.47 Å². The predicted octanol–water partition coefficient (Wildman–Crippen LogP) is 1.34. The molecule has 0 aliphatic carbocycles. The quantitative estimate of drug-likeness (QED) is 0.765. The van der Waals surface area contributed by atoms with Crippen LogP contribution in [0.25, 0.3) is 0 Å². The second-order valence-corrected chi connectivity index (χ2v) is 7.08. The normalized spacial score (nSPS) is 20.3. The molecular formula is C21H21N3O5. The molecule has 29 heavy (non-hydrogen) atoms. The van der Waals surface area contributed by atoms with E-state index in [9.17, 15) is 14.4 Å². The van der Waals surface area contributed by atoms with Crippen molar-refractivity contribution in [1.29, 1.82) is 0 Å². The largest absolute Gasteiger partial charge is 0.485 e. The van der Waals surface area contributed by atoms with E-state index in [0.717, 1.165) is 11.3 Å². The lowest BCUT2D eigenvalue weighted by Crippen LogP contribution is -2.52. The van der Waals surface area contributed by atoms with E-state index < -0.39 is 23.8 Å². The molecule has 0 bridgehead atoms. The van der Waals surface area contributed by atoms with Crippen molar-refractivity contribution in [1.82, 2.24) is 10.9 Å². The number of hydrogen-bond donors (Lipinski definition) is 2. The van der Waals surface area contributed by atoms with Crippen molar-refractivity contribution in [2.45, 2.75) is 19.4 Å². The van der Waals surface area contributed by atoms with Gasteiger partial charge in [-0.25, -0.2) is 0 Å². The second-order valence-electron chi connectivity index (χ2n) is 7.08. The number of amides is 3. The zero-order valence-electron chi connectivity index (χ0n) is 15.9. The average molecular weight is 395 g/mol. The van der Waals surface area contributed by atoms with Gasteiger partial charge in [0.2, 0.25) is 17.9 Å². The average Bonchev–Trinajstić information content (AvgIpc) is 3.13. The van der Waals surface area contributed by atoms with Gasteiger partial charge >= 0.3 is 0 Å². The van der Waals surface area contributed by atoms with Crippen LogP contribution < -0.4 is 25.2 Å². The first kappa shape index (κ1) is 18.8. The van der Waals surface area contributed by atoms with E-state index in [1.807, 2.05) is 37.3 Å². The van der Waals surface area contributed by atoms with Gasteiger partial charge in [-0.1, -0.05) is 29.8 Å². The molecule has 0 spiro atoms. The van der Waals surface area contributed by atoms with Crippen LogP contribution in [0.2, 0.25) is 0 Å². The number of para-hydroxylation sites is 2. The van der Waals surface area contributed by atoms with Gasteiger partial charge in [0, 0.05) is 18.7 Å². The standard InChI is InChI=1S/C21H21N3O5/c1-13-6-8-15(9-7-13)24-11-14(10-19(24)25)20(26)22-23-21(27)18-12-28-16-4-2-3-5-17(16)29-18/h2-9,14,18H,10-12H2,1H3,(H,22,26)(H,23,27)/t14-,18-/m0/s1. The summed E-state index contributed by atoms with van der Waals surface area (Å²) in [4.78, 5) is 38.6. The van der Waals surface area contributed by atoms with Crippen LogP contribution in [0, 0.1) is 12.8 Å². The molecule has 2 N–H and O–H groups in total. The first-order valence-corrected chi connectivity index (χ1v) is 9.36. The molecule has 0 saturated carbocycles. The van der Waals surface area contributed by atoms with Crippen LogP contribution in [-0.4, -0.2) is 37.0 Å². The highest BCUT2D eigenvalue weighted by Gasteiger charge is 2.36. The molecule has 0 radical (unpaired) electrons. The zero-order valence-corrected chi connectivity index (χ0v) is 15.9. The van der Waals surface area contributed by atoms with Gasteiger partial charge in [-0.3, -0.25) is 25.2 Å². The lowest BCUT2D eigenvalue weighted by molar-refractivity contribution is -0.136. The number of carbonyl (C=O) groups excluding carboxylic acids is 3. The molecule has 0 unspecified atom stereocenters. The Morgan fingerprint density at radius 1 is 1.00 bits per heavy atom. The van der Waals surface area contributed by atoms with Crippen molar-refractivity contribution in [2.24, 2.45) is 5.92 Å². The SMILES string of the molecule is Cc1ccc(N2C[C@@H](C(=O)NNC(=O)[C@@H]3COc4ccccc4O3)CC2=O)cc1. The van der Waals surface area contributed by atoms with Gasteiger partial charge in [-0.05, 0) is 31.2 Å². The third kappa shape index (κ3) is 4.01. The van der Waals surface area contributed by atoms with Crippen LogP contribution in [0.3, 0.4) is 0 Å². The highest BCUT2D eigenvalue weighted by atomic mass is 16.6. The summed E-state index contributed by atoms with van der Waals surface area (Å²) >= 11 is 0. The van der Waals surface area contributed by atoms with E-state index in [1.54, 1.807) is 23.1 Å². The third-order valence-corrected chi connectivity index (χ3v) is 4.95. The van der Waals surface area contributed by atoms with Crippen molar-refractivity contribution < 1.29 is 23.9 Å². The Balaban J connectivity index is 1.30. The molecule has 1 saturated heterocycles. The van der Waals surface area contributed by atoms with Gasteiger partial charge in [-0.2, -0.15) is 0 Å². The Morgan fingerprint density at radius 2 is 1.69 bits per heavy atom. The Bertz CT molecular complexity index is 944. The lowest BCUT2D eigenvalue weighted by atomic mass is 10.1. The number of ether oxygens (including phenoxy) is 2. The maximum Gasteiger partial charge on any atom is 0.283 e. The number of nitrogens with one attached hydrogen (secondary N) is 2. The minimum absolute atomic E-state index is 0.0435. The molecule has 0 aromatic heterocycles. The molecule has 2 aliphatic rings. The fourth-order valence-corrected chi connectivity index (χ4v) is 3.31. The molecule has 1 fully saturated rings. The molecule has 3 amide bonds. The monoisotopic (exact) mass is 395 g/mol. The lowest BCUT2D eigenvalue weighted by Gasteiger charge is -2.25. The molecule has 8 nitrogen and oxygen atoms in total. The highest BCUT2D eigenvalue weighted by molar-refractivity contribution is 6.00. The van der Waals surface area contributed by atoms with Gasteiger partial charge in [0.05, 0.1) is 5.92 Å². The number of nitrogens with zero attached hydrogens (tertiary/aromatic N) is 1. The molecular weight excluding hydrogens is 374 g/mol. The van der Waals surface area contributed by atoms with Gasteiger partial charge in [0.1, 0.15) is 6.61 Å². The van der Waals surface area contributed by atoms with E-state index >= 15 is 0 Å². The zero-order chi connectivity index (χ0) is 20.4. The summed E-state index contributed by atoms with van der Waals surface area (Å²) < 4.78 is 11.1. The smallest absolute Gasteiger partial charge is 0.283 e. The number of hydrazine groups is 1. The first-order chi connectivity index (χ1) is 14.0. The first-order valence-electron chi connectivity index (χ1n) is 9.36. The Hall–Kier alpha value is -3.55. The summed E-state index contributed by atoms with van der Waals surface area (Å²) in [5.74, 6) is -0.568. The van der Waals surface area contributed by atoms with E-state index in [2.05, 4.69) is 10.9 Å². The van der Waals surface area contributed by atoms with Crippen molar-refractivity contribution >= 4 is 23.4 Å². The number of hydrogen-bond acceptors (Lipinski definition) is 5. The van der Waals surface area contributed by atoms with E-state index in [0.29, 0.717) is 11.5 Å². The van der Waals surface area contributed by atoms with Crippen LogP contribution in [-0.2, 0) is 14.4 Å². The fourth-order valence-electron chi connectivity index (χ4n) is 3.31. The number of rotatable bonds is 3. The Morgan fingerprint density at radius 3 is 2.45 bits per heavy atom. The molecule has 4 rings (SSSR count). The third-order valence-electron chi connectivity index (χ3n) is 4.95. The molecule has 150 valence electrons. The van der Waals surface area contributed by atoms with Crippen LogP contribution in [0.1, 0.15) is 12.0 Å². The summed E-state index contributed by atoms with van der Waals surface area (Å²) in [6, 6.07) is 14.6. The van der Waals surface area contributed by atoms with Crippen molar-refractivity contribution in [3.63, 3.8) is 0 Å². The Kier molecular flexibility index (Phi) is 5.07. The van der Waals surface area contributed by atoms with Crippen molar-refractivity contribution in [2.75, 3.05) is 18.1 Å². The number of aryl methyl sites for hydroxylation is 1. The van der Waals surface area contributed by atoms with Gasteiger partial charge < -0.3 is 14.4 Å². The van der Waals surface area contributed by atoms with Crippen LogP contribution >= 0.6 is 0 Å². The Labute approximate surface area is 167 Å². The summed E-state index contributed by atoms with van der Waals surface area (Å²) in [6.07, 6.45) is -0.786. The number of fused-ring (bicyclic) bond motifs is 1. The van der Waals surface area contributed by atoms with Crippen molar-refractivity contribution in [3.8, 4) is 11.5 Å². The molecule has 2 aromatic carbocycles. The topological polar surface area (TPSA) is 97.0 Å². The van der Waals surface area contributed by atoms with E-state index in [-0.39, 0.29) is 25.5 Å². The number of benzene rings is 2. The molecule has 2 aromatic rings. The maximum absolute atomic E-state index is 12.4. The molecule has 2 atom stereocenters. The van der Waals surface area contributed by atoms with Crippen LogP contribution in [0.15, 0.2) is 48.5 Å². The fraction of sp³-hybridized carbons (Fsp3) is 0.286. The summed E-state index contributed by atoms with van der Waals surface area (Å²) in [6.45, 7) is 2.27. The number of anilines is 1. The van der Waals surface area contributed by atoms with Gasteiger partial charge in [0.25, 0.3) is 5.91 Å². The minimum atomic E-state index is -0.875. The van der Waals surface area contributed by atoms with Gasteiger partial charge in [-0.15, -0.1) is 0 Å². The maximum atomic E-state index is 12.4. The second kappa shape index (κ2) is 7.83. The van der Waals surface area contributed by atoms with Gasteiger partial charge in [0.15, 0.2) is 11.5 Å².